The van der Waals surface area contributed by atoms with Crippen molar-refractivity contribution in [2.24, 2.45) is 0 Å². The minimum absolute atomic E-state index is 0.0410. The topological polar surface area (TPSA) is 64.3 Å². The number of carbonyl (C=O) groups is 1. The van der Waals surface area contributed by atoms with E-state index in [4.69, 9.17) is 21.4 Å². The molecule has 0 aliphatic rings. The highest BCUT2D eigenvalue weighted by molar-refractivity contribution is 7.99. The van der Waals surface area contributed by atoms with E-state index in [1.165, 1.54) is 11.8 Å². The van der Waals surface area contributed by atoms with E-state index >= 15 is 0 Å². The van der Waals surface area contributed by atoms with E-state index in [0.29, 0.717) is 22.3 Å². The van der Waals surface area contributed by atoms with Crippen molar-refractivity contribution < 1.29 is 14.6 Å². The van der Waals surface area contributed by atoms with Gasteiger partial charge in [-0.3, -0.25) is 4.79 Å². The van der Waals surface area contributed by atoms with Crippen molar-refractivity contribution in [3.05, 3.63) is 23.2 Å². The molecule has 0 saturated heterocycles. The van der Waals surface area contributed by atoms with Crippen molar-refractivity contribution in [1.82, 2.24) is 9.55 Å². The van der Waals surface area contributed by atoms with Gasteiger partial charge in [0.25, 0.3) is 0 Å². The first kappa shape index (κ1) is 15.2. The summed E-state index contributed by atoms with van der Waals surface area (Å²) in [6.45, 7) is 2.51. The predicted octanol–water partition coefficient (Wildman–Crippen LogP) is 3.07. The minimum atomic E-state index is -0.876. The van der Waals surface area contributed by atoms with E-state index in [0.717, 1.165) is 5.52 Å². The molecule has 0 aliphatic heterocycles. The van der Waals surface area contributed by atoms with Gasteiger partial charge in [0, 0.05) is 7.11 Å². The molecule has 7 heteroatoms. The van der Waals surface area contributed by atoms with E-state index < -0.39 is 5.97 Å². The maximum absolute atomic E-state index is 10.8. The van der Waals surface area contributed by atoms with Crippen LogP contribution in [0.1, 0.15) is 13.0 Å². The summed E-state index contributed by atoms with van der Waals surface area (Å²) < 4.78 is 7.15. The lowest BCUT2D eigenvalue weighted by molar-refractivity contribution is -0.133. The van der Waals surface area contributed by atoms with Gasteiger partial charge in [0.2, 0.25) is 0 Å². The molecule has 0 amide bonds. The molecular formula is C13H15ClN2O3S. The molecule has 0 saturated carbocycles. The fourth-order valence-corrected chi connectivity index (χ4v) is 3.07. The number of fused-ring (bicyclic) bond motifs is 1. The Labute approximate surface area is 125 Å². The molecule has 0 spiro atoms. The van der Waals surface area contributed by atoms with Crippen LogP contribution in [-0.4, -0.2) is 40.1 Å². The summed E-state index contributed by atoms with van der Waals surface area (Å²) in [5.74, 6) is -0.917. The number of benzene rings is 1. The number of imidazole rings is 1. The second-order valence-corrected chi connectivity index (χ2v) is 5.71. The summed E-state index contributed by atoms with van der Waals surface area (Å²) in [7, 11) is 1.63. The average Bonchev–Trinajstić information content (AvgIpc) is 2.76. The first-order chi connectivity index (χ1) is 9.54. The first-order valence-corrected chi connectivity index (χ1v) is 7.41. The summed E-state index contributed by atoms with van der Waals surface area (Å²) in [4.78, 5) is 15.2. The van der Waals surface area contributed by atoms with Crippen LogP contribution in [-0.2, 0) is 9.53 Å². The Morgan fingerprint density at radius 1 is 1.60 bits per heavy atom. The van der Waals surface area contributed by atoms with Crippen LogP contribution in [0.25, 0.3) is 11.0 Å². The zero-order valence-electron chi connectivity index (χ0n) is 11.2. The highest BCUT2D eigenvalue weighted by atomic mass is 35.5. The smallest absolute Gasteiger partial charge is 0.313 e. The molecule has 2 rings (SSSR count). The number of methoxy groups -OCH3 is 1. The van der Waals surface area contributed by atoms with Gasteiger partial charge in [-0.05, 0) is 19.1 Å². The molecule has 5 nitrogen and oxygen atoms in total. The van der Waals surface area contributed by atoms with Crippen LogP contribution in [0.2, 0.25) is 5.02 Å². The zero-order valence-corrected chi connectivity index (χ0v) is 12.7. The van der Waals surface area contributed by atoms with Crippen LogP contribution in [0.5, 0.6) is 0 Å². The summed E-state index contributed by atoms with van der Waals surface area (Å²) in [6.07, 6.45) is 0. The fourth-order valence-electron chi connectivity index (χ4n) is 2.03. The molecule has 1 unspecified atom stereocenters. The lowest BCUT2D eigenvalue weighted by Gasteiger charge is -2.16. The van der Waals surface area contributed by atoms with Crippen LogP contribution in [0, 0.1) is 0 Å². The number of hydrogen-bond acceptors (Lipinski definition) is 4. The number of aliphatic carboxylic acids is 1. The Morgan fingerprint density at radius 3 is 3.00 bits per heavy atom. The van der Waals surface area contributed by atoms with Crippen molar-refractivity contribution >= 4 is 40.4 Å². The van der Waals surface area contributed by atoms with E-state index in [2.05, 4.69) is 4.98 Å². The second kappa shape index (κ2) is 6.47. The molecule has 1 atom stereocenters. The number of nitrogens with zero attached hydrogens (tertiary/aromatic N) is 2. The predicted molar refractivity (Wildman–Crippen MR) is 79.7 cm³/mol. The Hall–Kier alpha value is -1.24. The van der Waals surface area contributed by atoms with Crippen LogP contribution in [0.4, 0.5) is 0 Å². The maximum Gasteiger partial charge on any atom is 0.313 e. The van der Waals surface area contributed by atoms with Crippen LogP contribution in [0.3, 0.4) is 0 Å². The summed E-state index contributed by atoms with van der Waals surface area (Å²) in [5, 5.41) is 10.0. The number of rotatable bonds is 6. The SMILES string of the molecule is COCC(C)n1c(SCC(=O)O)nc2c(Cl)cccc21. The number of para-hydroxylation sites is 1. The summed E-state index contributed by atoms with van der Waals surface area (Å²) >= 11 is 7.34. The number of carboxylic acid groups (broad SMARTS) is 1. The number of aromatic nitrogens is 2. The van der Waals surface area contributed by atoms with Gasteiger partial charge in [-0.25, -0.2) is 4.98 Å². The zero-order chi connectivity index (χ0) is 14.7. The second-order valence-electron chi connectivity index (χ2n) is 4.36. The molecular weight excluding hydrogens is 300 g/mol. The lowest BCUT2D eigenvalue weighted by atomic mass is 10.3. The first-order valence-electron chi connectivity index (χ1n) is 6.04. The normalized spacial score (nSPS) is 12.8. The highest BCUT2D eigenvalue weighted by Gasteiger charge is 2.18. The maximum atomic E-state index is 10.8. The van der Waals surface area contributed by atoms with E-state index in [9.17, 15) is 4.79 Å². The number of ether oxygens (including phenoxy) is 1. The van der Waals surface area contributed by atoms with E-state index in [1.54, 1.807) is 13.2 Å². The van der Waals surface area contributed by atoms with Crippen molar-refractivity contribution in [3.8, 4) is 0 Å². The number of hydrogen-bond donors (Lipinski definition) is 1. The quantitative estimate of drug-likeness (QED) is 0.830. The molecule has 0 aliphatic carbocycles. The van der Waals surface area contributed by atoms with Crippen molar-refractivity contribution in [2.75, 3.05) is 19.5 Å². The lowest BCUT2D eigenvalue weighted by Crippen LogP contribution is -2.12. The van der Waals surface area contributed by atoms with E-state index in [1.807, 2.05) is 23.6 Å². The molecule has 0 fully saturated rings. The molecule has 0 bridgehead atoms. The molecule has 108 valence electrons. The van der Waals surface area contributed by atoms with Gasteiger partial charge in [0.05, 0.1) is 28.9 Å². The van der Waals surface area contributed by atoms with Gasteiger partial charge in [0.1, 0.15) is 5.52 Å². The Balaban J connectivity index is 2.50. The Kier molecular flexibility index (Phi) is 4.91. The third-order valence-corrected chi connectivity index (χ3v) is 4.05. The monoisotopic (exact) mass is 314 g/mol. The van der Waals surface area contributed by atoms with Crippen LogP contribution >= 0.6 is 23.4 Å². The minimum Gasteiger partial charge on any atom is -0.481 e. The largest absolute Gasteiger partial charge is 0.481 e. The number of thioether (sulfide) groups is 1. The van der Waals surface area contributed by atoms with Crippen molar-refractivity contribution in [2.45, 2.75) is 18.1 Å². The highest BCUT2D eigenvalue weighted by Crippen LogP contribution is 2.31. The van der Waals surface area contributed by atoms with Gasteiger partial charge in [0.15, 0.2) is 5.16 Å². The molecule has 1 heterocycles. The third-order valence-electron chi connectivity index (χ3n) is 2.81. The summed E-state index contributed by atoms with van der Waals surface area (Å²) in [6, 6.07) is 5.59. The molecule has 1 aromatic heterocycles. The summed E-state index contributed by atoms with van der Waals surface area (Å²) in [5.41, 5.74) is 1.57. The molecule has 1 N–H and O–H groups in total. The van der Waals surface area contributed by atoms with E-state index in [-0.39, 0.29) is 11.8 Å². The molecule has 0 radical (unpaired) electrons. The Morgan fingerprint density at radius 2 is 2.35 bits per heavy atom. The standard InChI is InChI=1S/C13H15ClN2O3S/c1-8(6-19-2)16-10-5-3-4-9(14)12(10)15-13(16)20-7-11(17)18/h3-5,8H,6-7H2,1-2H3,(H,17,18). The van der Waals surface area contributed by atoms with Crippen LogP contribution in [0.15, 0.2) is 23.4 Å². The van der Waals surface area contributed by atoms with Gasteiger partial charge in [-0.1, -0.05) is 29.4 Å². The Bertz CT molecular complexity index is 629. The number of halogens is 1. The molecule has 1 aromatic carbocycles. The van der Waals surface area contributed by atoms with Crippen molar-refractivity contribution in [3.63, 3.8) is 0 Å². The fraction of sp³-hybridized carbons (Fsp3) is 0.385. The average molecular weight is 315 g/mol. The van der Waals surface area contributed by atoms with Gasteiger partial charge >= 0.3 is 5.97 Å². The van der Waals surface area contributed by atoms with Crippen LogP contribution < -0.4 is 0 Å². The van der Waals surface area contributed by atoms with Gasteiger partial charge in [-0.2, -0.15) is 0 Å². The molecule has 20 heavy (non-hydrogen) atoms. The van der Waals surface area contributed by atoms with Gasteiger partial charge < -0.3 is 14.4 Å². The molecule has 2 aromatic rings. The van der Waals surface area contributed by atoms with Gasteiger partial charge in [-0.15, -0.1) is 0 Å². The third kappa shape index (κ3) is 3.08. The van der Waals surface area contributed by atoms with Crippen molar-refractivity contribution in [1.29, 1.82) is 0 Å². The number of carboxylic acids is 1.